The standard InChI is InChI=1S/C22H46Si/c1-3-5-7-9-11-13-15-17-19-21-23-22-20-18-16-14-12-10-8-6-4-2/h3-22H2,1-2H3. The normalized spacial score (nSPS) is 11.2. The monoisotopic (exact) mass is 338 g/mol. The van der Waals surface area contributed by atoms with E-state index in [1.165, 1.54) is 137 Å². The Morgan fingerprint density at radius 1 is 0.348 bits per heavy atom. The number of rotatable bonds is 20. The molecule has 0 heterocycles. The van der Waals surface area contributed by atoms with Gasteiger partial charge in [-0.15, -0.1) is 0 Å². The Kier molecular flexibility index (Phi) is 22.4. The highest BCUT2D eigenvalue weighted by Crippen LogP contribution is 2.13. The first kappa shape index (κ1) is 23.2. The molecule has 0 bridgehead atoms. The summed E-state index contributed by atoms with van der Waals surface area (Å²) in [4.78, 5) is 0. The van der Waals surface area contributed by atoms with Crippen molar-refractivity contribution in [1.29, 1.82) is 0 Å². The third-order valence-electron chi connectivity index (χ3n) is 4.91. The summed E-state index contributed by atoms with van der Waals surface area (Å²) in [7, 11) is 1.26. The zero-order valence-corrected chi connectivity index (χ0v) is 17.6. The fourth-order valence-corrected chi connectivity index (χ4v) is 4.50. The summed E-state index contributed by atoms with van der Waals surface area (Å²) in [5, 5.41) is 0. The van der Waals surface area contributed by atoms with Crippen LogP contribution >= 0.6 is 0 Å². The largest absolute Gasteiger partial charge is 0.0654 e. The number of unbranched alkanes of at least 4 members (excludes halogenated alkanes) is 16. The lowest BCUT2D eigenvalue weighted by molar-refractivity contribution is 0.569. The molecule has 0 amide bonds. The van der Waals surface area contributed by atoms with Gasteiger partial charge in [0.05, 0.1) is 0 Å². The fraction of sp³-hybridized carbons (Fsp3) is 1.00. The molecule has 0 spiro atoms. The van der Waals surface area contributed by atoms with Gasteiger partial charge < -0.3 is 0 Å². The van der Waals surface area contributed by atoms with E-state index in [9.17, 15) is 0 Å². The maximum Gasteiger partial charge on any atom is 0.0378 e. The van der Waals surface area contributed by atoms with Crippen molar-refractivity contribution in [3.8, 4) is 0 Å². The first-order chi connectivity index (χ1) is 11.4. The van der Waals surface area contributed by atoms with Crippen molar-refractivity contribution < 1.29 is 0 Å². The van der Waals surface area contributed by atoms with Crippen LogP contribution in [0.1, 0.15) is 129 Å². The lowest BCUT2D eigenvalue weighted by Crippen LogP contribution is -1.90. The molecule has 23 heavy (non-hydrogen) atoms. The number of hydrogen-bond donors (Lipinski definition) is 0. The van der Waals surface area contributed by atoms with Crippen LogP contribution in [0.25, 0.3) is 0 Å². The molecule has 0 fully saturated rings. The summed E-state index contributed by atoms with van der Waals surface area (Å²) < 4.78 is 0. The minimum atomic E-state index is 1.26. The van der Waals surface area contributed by atoms with Crippen molar-refractivity contribution >= 4 is 9.52 Å². The van der Waals surface area contributed by atoms with Gasteiger partial charge >= 0.3 is 0 Å². The van der Waals surface area contributed by atoms with Gasteiger partial charge in [0.15, 0.2) is 0 Å². The molecule has 0 saturated carbocycles. The van der Waals surface area contributed by atoms with Gasteiger partial charge in [0.1, 0.15) is 0 Å². The smallest absolute Gasteiger partial charge is 0.0378 e. The number of hydrogen-bond acceptors (Lipinski definition) is 0. The van der Waals surface area contributed by atoms with Crippen LogP contribution < -0.4 is 0 Å². The van der Waals surface area contributed by atoms with Crippen LogP contribution in [0, 0.1) is 0 Å². The van der Waals surface area contributed by atoms with Crippen LogP contribution in [0.3, 0.4) is 0 Å². The molecule has 0 atom stereocenters. The predicted octanol–water partition coefficient (Wildman–Crippen LogP) is 8.59. The summed E-state index contributed by atoms with van der Waals surface area (Å²) in [6, 6.07) is 3.04. The second-order valence-electron chi connectivity index (χ2n) is 7.41. The SMILES string of the molecule is CCCCCCCCCCC[Si]CCCCCCCCCCC. The van der Waals surface area contributed by atoms with Gasteiger partial charge in [-0.3, -0.25) is 0 Å². The molecular formula is C22H46Si. The summed E-state index contributed by atoms with van der Waals surface area (Å²) in [5.41, 5.74) is 0. The molecule has 0 rings (SSSR count). The summed E-state index contributed by atoms with van der Waals surface area (Å²) >= 11 is 0. The molecule has 0 aliphatic rings. The van der Waals surface area contributed by atoms with Gasteiger partial charge in [-0.1, -0.05) is 142 Å². The second kappa shape index (κ2) is 22.2. The van der Waals surface area contributed by atoms with E-state index in [4.69, 9.17) is 0 Å². The molecule has 0 aromatic rings. The van der Waals surface area contributed by atoms with Crippen molar-refractivity contribution in [3.05, 3.63) is 0 Å². The van der Waals surface area contributed by atoms with Crippen LogP contribution in [-0.4, -0.2) is 9.52 Å². The van der Waals surface area contributed by atoms with Gasteiger partial charge in [-0.2, -0.15) is 0 Å². The lowest BCUT2D eigenvalue weighted by Gasteiger charge is -2.03. The third-order valence-corrected chi connectivity index (χ3v) is 6.33. The van der Waals surface area contributed by atoms with Gasteiger partial charge in [0, 0.05) is 9.52 Å². The van der Waals surface area contributed by atoms with Crippen LogP contribution in [0.2, 0.25) is 12.1 Å². The van der Waals surface area contributed by atoms with Crippen LogP contribution in [-0.2, 0) is 0 Å². The van der Waals surface area contributed by atoms with Gasteiger partial charge in [-0.05, 0) is 0 Å². The van der Waals surface area contributed by atoms with E-state index in [-0.39, 0.29) is 0 Å². The minimum Gasteiger partial charge on any atom is -0.0654 e. The van der Waals surface area contributed by atoms with Crippen molar-refractivity contribution in [2.75, 3.05) is 0 Å². The van der Waals surface area contributed by atoms with Crippen molar-refractivity contribution in [1.82, 2.24) is 0 Å². The Hall–Kier alpha value is 0.217. The lowest BCUT2D eigenvalue weighted by atomic mass is 10.1. The maximum atomic E-state index is 2.30. The van der Waals surface area contributed by atoms with Crippen molar-refractivity contribution in [2.24, 2.45) is 0 Å². The van der Waals surface area contributed by atoms with Crippen LogP contribution in [0.5, 0.6) is 0 Å². The first-order valence-corrected chi connectivity index (χ1v) is 12.5. The van der Waals surface area contributed by atoms with Gasteiger partial charge in [-0.25, -0.2) is 0 Å². The van der Waals surface area contributed by atoms with E-state index in [0.717, 1.165) is 0 Å². The molecule has 0 N–H and O–H groups in total. The Morgan fingerprint density at radius 2 is 0.609 bits per heavy atom. The summed E-state index contributed by atoms with van der Waals surface area (Å²) in [6.07, 6.45) is 26.5. The van der Waals surface area contributed by atoms with E-state index >= 15 is 0 Å². The summed E-state index contributed by atoms with van der Waals surface area (Å²) in [5.74, 6) is 0. The fourth-order valence-electron chi connectivity index (χ4n) is 3.25. The average Bonchev–Trinajstić information content (AvgIpc) is 2.57. The molecule has 0 saturated heterocycles. The van der Waals surface area contributed by atoms with Crippen molar-refractivity contribution in [2.45, 2.75) is 142 Å². The van der Waals surface area contributed by atoms with Gasteiger partial charge in [0.25, 0.3) is 0 Å². The molecule has 2 radical (unpaired) electrons. The first-order valence-electron chi connectivity index (χ1n) is 11.1. The molecular weight excluding hydrogens is 292 g/mol. The Bertz CT molecular complexity index is 170. The Labute approximate surface area is 151 Å². The molecule has 0 unspecified atom stereocenters. The molecule has 0 aromatic heterocycles. The average molecular weight is 339 g/mol. The quantitative estimate of drug-likeness (QED) is 0.154. The summed E-state index contributed by atoms with van der Waals surface area (Å²) in [6.45, 7) is 4.60. The maximum absolute atomic E-state index is 2.30. The van der Waals surface area contributed by atoms with Crippen molar-refractivity contribution in [3.63, 3.8) is 0 Å². The van der Waals surface area contributed by atoms with Gasteiger partial charge in [0.2, 0.25) is 0 Å². The third kappa shape index (κ3) is 22.2. The molecule has 1 heteroatoms. The Morgan fingerprint density at radius 3 is 0.913 bits per heavy atom. The molecule has 0 aromatic carbocycles. The van der Waals surface area contributed by atoms with E-state index in [1.807, 2.05) is 0 Å². The zero-order valence-electron chi connectivity index (χ0n) is 16.6. The highest BCUT2D eigenvalue weighted by atomic mass is 28.2. The molecule has 0 aliphatic heterocycles. The highest BCUT2D eigenvalue weighted by Gasteiger charge is 1.95. The van der Waals surface area contributed by atoms with Crippen LogP contribution in [0.4, 0.5) is 0 Å². The second-order valence-corrected chi connectivity index (χ2v) is 8.91. The van der Waals surface area contributed by atoms with Crippen LogP contribution in [0.15, 0.2) is 0 Å². The molecule has 138 valence electrons. The highest BCUT2D eigenvalue weighted by molar-refractivity contribution is 6.35. The molecule has 0 aliphatic carbocycles. The van der Waals surface area contributed by atoms with E-state index in [0.29, 0.717) is 0 Å². The van der Waals surface area contributed by atoms with E-state index < -0.39 is 0 Å². The zero-order chi connectivity index (χ0) is 16.8. The predicted molar refractivity (Wildman–Crippen MR) is 110 cm³/mol. The topological polar surface area (TPSA) is 0 Å². The van der Waals surface area contributed by atoms with E-state index in [1.54, 1.807) is 0 Å². The van der Waals surface area contributed by atoms with E-state index in [2.05, 4.69) is 13.8 Å². The molecule has 0 nitrogen and oxygen atoms in total. The Balaban J connectivity index is 2.92. The minimum absolute atomic E-state index is 1.26.